The Morgan fingerprint density at radius 2 is 2.04 bits per heavy atom. The van der Waals surface area contributed by atoms with Gasteiger partial charge in [-0.1, -0.05) is 36.0 Å². The summed E-state index contributed by atoms with van der Waals surface area (Å²) < 4.78 is 31.1. The number of rotatable bonds is 6. The maximum Gasteiger partial charge on any atom is 0.216 e. The van der Waals surface area contributed by atoms with Crippen molar-refractivity contribution in [3.63, 3.8) is 0 Å². The van der Waals surface area contributed by atoms with Crippen LogP contribution in [0, 0.1) is 0 Å². The van der Waals surface area contributed by atoms with Gasteiger partial charge in [0.05, 0.1) is 17.3 Å². The van der Waals surface area contributed by atoms with Crippen molar-refractivity contribution in [1.82, 2.24) is 4.98 Å². The molecule has 5 nitrogen and oxygen atoms in total. The van der Waals surface area contributed by atoms with E-state index in [0.717, 1.165) is 14.6 Å². The molecule has 0 spiro atoms. The molecule has 1 heterocycles. The third-order valence-corrected chi connectivity index (χ3v) is 7.21. The molecule has 8 heteroatoms. The zero-order valence-electron chi connectivity index (χ0n) is 12.9. The van der Waals surface area contributed by atoms with Crippen molar-refractivity contribution in [3.8, 4) is 5.75 Å². The Morgan fingerprint density at radius 1 is 1.25 bits per heavy atom. The van der Waals surface area contributed by atoms with Gasteiger partial charge in [0.1, 0.15) is 11.0 Å². The average Bonchev–Trinajstić information content (AvgIpc) is 2.96. The van der Waals surface area contributed by atoms with E-state index in [1.165, 1.54) is 11.8 Å². The minimum Gasteiger partial charge on any atom is -0.497 e. The van der Waals surface area contributed by atoms with Crippen molar-refractivity contribution in [3.05, 3.63) is 54.1 Å². The molecule has 0 amide bonds. The summed E-state index contributed by atoms with van der Waals surface area (Å²) in [7, 11) is -2.20. The molecule has 0 saturated heterocycles. The summed E-state index contributed by atoms with van der Waals surface area (Å²) in [6, 6.07) is 14.8. The van der Waals surface area contributed by atoms with Crippen molar-refractivity contribution < 1.29 is 13.2 Å². The highest BCUT2D eigenvalue weighted by atomic mass is 32.2. The average molecular weight is 381 g/mol. The van der Waals surface area contributed by atoms with Crippen LogP contribution < -0.4 is 9.88 Å². The number of thiazole rings is 1. The van der Waals surface area contributed by atoms with E-state index in [1.54, 1.807) is 42.7 Å². The Labute approximate surface area is 148 Å². The van der Waals surface area contributed by atoms with Gasteiger partial charge in [-0.05, 0) is 29.8 Å². The number of aromatic nitrogens is 1. The molecule has 0 fully saturated rings. The highest BCUT2D eigenvalue weighted by Crippen LogP contribution is 2.34. The van der Waals surface area contributed by atoms with Gasteiger partial charge in [0.25, 0.3) is 0 Å². The van der Waals surface area contributed by atoms with Crippen LogP contribution in [0.1, 0.15) is 10.8 Å². The summed E-state index contributed by atoms with van der Waals surface area (Å²) in [6.07, 6.45) is 0. The van der Waals surface area contributed by atoms with E-state index in [0.29, 0.717) is 17.1 Å². The zero-order chi connectivity index (χ0) is 17.2. The fraction of sp³-hybridized carbons (Fsp3) is 0.188. The molecule has 1 unspecified atom stereocenters. The monoisotopic (exact) mass is 380 g/mol. The Morgan fingerprint density at radius 3 is 2.75 bits per heavy atom. The number of sulfonamides is 1. The number of hydrogen-bond donors (Lipinski definition) is 1. The lowest BCUT2D eigenvalue weighted by atomic mass is 10.1. The number of hydrogen-bond acceptors (Lipinski definition) is 6. The number of benzene rings is 2. The van der Waals surface area contributed by atoms with Gasteiger partial charge in [-0.15, -0.1) is 11.3 Å². The molecule has 3 aromatic rings. The highest BCUT2D eigenvalue weighted by Gasteiger charge is 2.25. The summed E-state index contributed by atoms with van der Waals surface area (Å²) in [5.41, 5.74) is 1.53. The van der Waals surface area contributed by atoms with Gasteiger partial charge in [0.2, 0.25) is 10.0 Å². The molecular weight excluding hydrogens is 364 g/mol. The van der Waals surface area contributed by atoms with Crippen LogP contribution in [0.15, 0.2) is 52.9 Å². The number of nitrogens with zero attached hydrogens (tertiary/aromatic N) is 1. The molecule has 126 valence electrons. The van der Waals surface area contributed by atoms with Gasteiger partial charge in [-0.3, -0.25) is 0 Å². The van der Waals surface area contributed by atoms with Crippen LogP contribution in [0.4, 0.5) is 0 Å². The van der Waals surface area contributed by atoms with Gasteiger partial charge in [-0.25, -0.2) is 18.5 Å². The van der Waals surface area contributed by atoms with E-state index in [9.17, 15) is 8.42 Å². The SMILES string of the molecule is COc1cccc(C(CSc2nc3ccccc3s2)S(N)(=O)=O)c1. The predicted octanol–water partition coefficient (Wildman–Crippen LogP) is 3.43. The second kappa shape index (κ2) is 7.10. The van der Waals surface area contributed by atoms with Gasteiger partial charge in [0.15, 0.2) is 4.34 Å². The quantitative estimate of drug-likeness (QED) is 0.663. The summed E-state index contributed by atoms with van der Waals surface area (Å²) in [5.74, 6) is 0.900. The Bertz CT molecular complexity index is 921. The summed E-state index contributed by atoms with van der Waals surface area (Å²) >= 11 is 2.94. The third kappa shape index (κ3) is 3.89. The molecule has 1 atom stereocenters. The summed E-state index contributed by atoms with van der Waals surface area (Å²) in [6.45, 7) is 0. The van der Waals surface area contributed by atoms with Gasteiger partial charge in [-0.2, -0.15) is 0 Å². The third-order valence-electron chi connectivity index (χ3n) is 3.49. The van der Waals surface area contributed by atoms with Gasteiger partial charge < -0.3 is 4.74 Å². The van der Waals surface area contributed by atoms with Crippen LogP contribution in [0.5, 0.6) is 5.75 Å². The van der Waals surface area contributed by atoms with Crippen LogP contribution in [-0.2, 0) is 10.0 Å². The number of fused-ring (bicyclic) bond motifs is 1. The Hall–Kier alpha value is -1.61. The van der Waals surface area contributed by atoms with Crippen LogP contribution in [0.25, 0.3) is 10.2 Å². The van der Waals surface area contributed by atoms with Crippen LogP contribution in [0.3, 0.4) is 0 Å². The number of ether oxygens (including phenoxy) is 1. The number of primary sulfonamides is 1. The number of nitrogens with two attached hydrogens (primary N) is 1. The van der Waals surface area contributed by atoms with Gasteiger partial charge >= 0.3 is 0 Å². The lowest BCUT2D eigenvalue weighted by molar-refractivity contribution is 0.414. The van der Waals surface area contributed by atoms with Crippen molar-refractivity contribution in [2.75, 3.05) is 12.9 Å². The van der Waals surface area contributed by atoms with Crippen molar-refractivity contribution >= 4 is 43.3 Å². The van der Waals surface area contributed by atoms with E-state index < -0.39 is 15.3 Å². The number of methoxy groups -OCH3 is 1. The molecule has 1 aromatic heterocycles. The highest BCUT2D eigenvalue weighted by molar-refractivity contribution is 8.02. The minimum atomic E-state index is -3.74. The molecule has 24 heavy (non-hydrogen) atoms. The first-order valence-corrected chi connectivity index (χ1v) is 10.5. The van der Waals surface area contributed by atoms with E-state index in [1.807, 2.05) is 24.3 Å². The second-order valence-electron chi connectivity index (χ2n) is 5.11. The normalized spacial score (nSPS) is 13.1. The molecule has 0 aliphatic heterocycles. The van der Waals surface area contributed by atoms with Crippen molar-refractivity contribution in [2.45, 2.75) is 9.59 Å². The smallest absolute Gasteiger partial charge is 0.216 e. The maximum atomic E-state index is 12.0. The van der Waals surface area contributed by atoms with E-state index in [4.69, 9.17) is 9.88 Å². The molecular formula is C16H16N2O3S3. The second-order valence-corrected chi connectivity index (χ2v) is 9.16. The number of thioether (sulfide) groups is 1. The minimum absolute atomic E-state index is 0.297. The summed E-state index contributed by atoms with van der Waals surface area (Å²) in [4.78, 5) is 4.52. The standard InChI is InChI=1S/C16H16N2O3S3/c1-21-12-6-4-5-11(9-12)15(24(17,19)20)10-22-16-18-13-7-2-3-8-14(13)23-16/h2-9,15H,10H2,1H3,(H2,17,19,20). The largest absolute Gasteiger partial charge is 0.497 e. The fourth-order valence-corrected chi connectivity index (χ4v) is 5.83. The zero-order valence-corrected chi connectivity index (χ0v) is 15.3. The molecule has 0 aliphatic carbocycles. The van der Waals surface area contributed by atoms with Crippen LogP contribution in [-0.4, -0.2) is 26.3 Å². The molecule has 0 aliphatic rings. The fourth-order valence-electron chi connectivity index (χ4n) is 2.28. The first-order valence-electron chi connectivity index (χ1n) is 7.11. The maximum absolute atomic E-state index is 12.0. The predicted molar refractivity (Wildman–Crippen MR) is 99.2 cm³/mol. The van der Waals surface area contributed by atoms with Crippen LogP contribution >= 0.6 is 23.1 Å². The topological polar surface area (TPSA) is 82.3 Å². The molecule has 2 N–H and O–H groups in total. The summed E-state index contributed by atoms with van der Waals surface area (Å²) in [5, 5.41) is 4.63. The van der Waals surface area contributed by atoms with Crippen LogP contribution in [0.2, 0.25) is 0 Å². The molecule has 0 radical (unpaired) electrons. The molecule has 2 aromatic carbocycles. The molecule has 0 bridgehead atoms. The Kier molecular flexibility index (Phi) is 5.09. The van der Waals surface area contributed by atoms with E-state index in [2.05, 4.69) is 4.98 Å². The molecule has 3 rings (SSSR count). The number of para-hydroxylation sites is 1. The van der Waals surface area contributed by atoms with E-state index in [-0.39, 0.29) is 0 Å². The lowest BCUT2D eigenvalue weighted by Crippen LogP contribution is -2.23. The van der Waals surface area contributed by atoms with Gasteiger partial charge in [0, 0.05) is 5.75 Å². The van der Waals surface area contributed by atoms with Crippen molar-refractivity contribution in [1.29, 1.82) is 0 Å². The lowest BCUT2D eigenvalue weighted by Gasteiger charge is -2.15. The molecule has 0 saturated carbocycles. The van der Waals surface area contributed by atoms with E-state index >= 15 is 0 Å². The first kappa shape index (κ1) is 17.2. The Balaban J connectivity index is 1.84. The first-order chi connectivity index (χ1) is 11.5. The van der Waals surface area contributed by atoms with Crippen molar-refractivity contribution in [2.24, 2.45) is 5.14 Å².